The number of nitrogens with one attached hydrogen (secondary N) is 2. The zero-order valence-electron chi connectivity index (χ0n) is 16.6. The second kappa shape index (κ2) is 14.4. The number of aromatic nitrogens is 1. The molecule has 0 bridgehead atoms. The van der Waals surface area contributed by atoms with E-state index in [-0.39, 0.29) is 29.9 Å². The molecule has 2 N–H and O–H groups in total. The molecule has 2 rings (SSSR count). The van der Waals surface area contributed by atoms with Gasteiger partial charge in [-0.1, -0.05) is 0 Å². The number of hydrogen-bond acceptors (Lipinski definition) is 6. The predicted octanol–water partition coefficient (Wildman–Crippen LogP) is 0.0340. The summed E-state index contributed by atoms with van der Waals surface area (Å²) in [5.41, 5.74) is 0. The van der Waals surface area contributed by atoms with Crippen LogP contribution >= 0.6 is 24.0 Å². The van der Waals surface area contributed by atoms with Crippen molar-refractivity contribution >= 4 is 35.8 Å². The van der Waals surface area contributed by atoms with Gasteiger partial charge in [0.05, 0.1) is 25.9 Å². The standard InChI is InChI=1S/C18H30N6O3.HI/c1-19-18(22-7-13-27-16-4-3-5-20-14-16)24-10-8-23(9-11-24)15-17(25)21-6-12-26-2;/h3-5,14H,6-13,15H2,1-2H3,(H,19,22)(H,21,25);1H. The average Bonchev–Trinajstić information content (AvgIpc) is 2.70. The maximum absolute atomic E-state index is 11.9. The fourth-order valence-electron chi connectivity index (χ4n) is 2.77. The molecule has 9 nitrogen and oxygen atoms in total. The first-order valence-corrected chi connectivity index (χ1v) is 9.19. The second-order valence-corrected chi connectivity index (χ2v) is 6.12. The van der Waals surface area contributed by atoms with Crippen LogP contribution in [0.25, 0.3) is 0 Å². The lowest BCUT2D eigenvalue weighted by Gasteiger charge is -2.36. The summed E-state index contributed by atoms with van der Waals surface area (Å²) in [6.45, 7) is 6.00. The van der Waals surface area contributed by atoms with Gasteiger partial charge in [-0.3, -0.25) is 19.7 Å². The van der Waals surface area contributed by atoms with Crippen LogP contribution in [0.2, 0.25) is 0 Å². The number of carbonyl (C=O) groups excluding carboxylic acids is 1. The first-order chi connectivity index (χ1) is 13.2. The summed E-state index contributed by atoms with van der Waals surface area (Å²) in [7, 11) is 3.40. The Kier molecular flexibility index (Phi) is 12.5. The van der Waals surface area contributed by atoms with E-state index in [4.69, 9.17) is 9.47 Å². The number of methoxy groups -OCH3 is 1. The Balaban J connectivity index is 0.00000392. The van der Waals surface area contributed by atoms with Crippen molar-refractivity contribution in [2.45, 2.75) is 0 Å². The molecule has 158 valence electrons. The van der Waals surface area contributed by atoms with Crippen LogP contribution in [-0.2, 0) is 9.53 Å². The molecule has 1 amide bonds. The minimum absolute atomic E-state index is 0. The van der Waals surface area contributed by atoms with Gasteiger partial charge >= 0.3 is 0 Å². The zero-order chi connectivity index (χ0) is 19.3. The number of pyridine rings is 1. The summed E-state index contributed by atoms with van der Waals surface area (Å²) < 4.78 is 10.6. The topological polar surface area (TPSA) is 91.3 Å². The summed E-state index contributed by atoms with van der Waals surface area (Å²) in [6, 6.07) is 3.73. The molecule has 0 aromatic carbocycles. The van der Waals surface area contributed by atoms with Gasteiger partial charge in [-0.25, -0.2) is 0 Å². The number of ether oxygens (including phenoxy) is 2. The molecule has 0 atom stereocenters. The third kappa shape index (κ3) is 9.02. The van der Waals surface area contributed by atoms with Crippen molar-refractivity contribution in [1.29, 1.82) is 0 Å². The van der Waals surface area contributed by atoms with E-state index in [1.165, 1.54) is 0 Å². The monoisotopic (exact) mass is 506 g/mol. The maximum atomic E-state index is 11.9. The SMILES string of the molecule is CN=C(NCCOc1cccnc1)N1CCN(CC(=O)NCCOC)CC1.I. The van der Waals surface area contributed by atoms with Gasteiger partial charge in [0.1, 0.15) is 12.4 Å². The predicted molar refractivity (Wildman–Crippen MR) is 119 cm³/mol. The van der Waals surface area contributed by atoms with Crippen molar-refractivity contribution in [2.24, 2.45) is 4.99 Å². The van der Waals surface area contributed by atoms with Gasteiger partial charge < -0.3 is 25.0 Å². The fourth-order valence-corrected chi connectivity index (χ4v) is 2.77. The summed E-state index contributed by atoms with van der Waals surface area (Å²) in [5.74, 6) is 1.65. The smallest absolute Gasteiger partial charge is 0.234 e. The molecule has 1 fully saturated rings. The van der Waals surface area contributed by atoms with Crippen molar-refractivity contribution in [3.63, 3.8) is 0 Å². The number of hydrogen-bond donors (Lipinski definition) is 2. The lowest BCUT2D eigenvalue weighted by atomic mass is 10.3. The second-order valence-electron chi connectivity index (χ2n) is 6.12. The minimum Gasteiger partial charge on any atom is -0.490 e. The molecule has 0 radical (unpaired) electrons. The van der Waals surface area contributed by atoms with Crippen LogP contribution in [0.15, 0.2) is 29.5 Å². The first-order valence-electron chi connectivity index (χ1n) is 9.19. The number of guanidine groups is 1. The Labute approximate surface area is 183 Å². The normalized spacial score (nSPS) is 14.9. The summed E-state index contributed by atoms with van der Waals surface area (Å²) in [6.07, 6.45) is 3.41. The Hall–Kier alpha value is -1.66. The Morgan fingerprint density at radius 1 is 1.21 bits per heavy atom. The largest absolute Gasteiger partial charge is 0.490 e. The summed E-state index contributed by atoms with van der Waals surface area (Å²) in [5, 5.41) is 6.17. The highest BCUT2D eigenvalue weighted by atomic mass is 127. The van der Waals surface area contributed by atoms with Gasteiger partial charge in [0.15, 0.2) is 5.96 Å². The van der Waals surface area contributed by atoms with Gasteiger partial charge in [-0.05, 0) is 12.1 Å². The molecule has 28 heavy (non-hydrogen) atoms. The van der Waals surface area contributed by atoms with Crippen molar-refractivity contribution in [1.82, 2.24) is 25.4 Å². The molecule has 1 aromatic heterocycles. The Bertz CT molecular complexity index is 582. The van der Waals surface area contributed by atoms with Crippen LogP contribution in [0, 0.1) is 0 Å². The molecular formula is C18H31IN6O3. The number of nitrogens with zero attached hydrogens (tertiary/aromatic N) is 4. The highest BCUT2D eigenvalue weighted by molar-refractivity contribution is 14.0. The summed E-state index contributed by atoms with van der Waals surface area (Å²) >= 11 is 0. The van der Waals surface area contributed by atoms with E-state index in [0.29, 0.717) is 32.8 Å². The van der Waals surface area contributed by atoms with Crippen LogP contribution in [0.4, 0.5) is 0 Å². The molecular weight excluding hydrogens is 475 g/mol. The van der Waals surface area contributed by atoms with Crippen LogP contribution < -0.4 is 15.4 Å². The lowest BCUT2D eigenvalue weighted by molar-refractivity contribution is -0.122. The van der Waals surface area contributed by atoms with E-state index in [1.54, 1.807) is 26.6 Å². The molecule has 0 spiro atoms. The van der Waals surface area contributed by atoms with Crippen LogP contribution in [0.5, 0.6) is 5.75 Å². The number of amides is 1. The molecule has 10 heteroatoms. The molecule has 1 saturated heterocycles. The zero-order valence-corrected chi connectivity index (χ0v) is 18.9. The highest BCUT2D eigenvalue weighted by Gasteiger charge is 2.20. The van der Waals surface area contributed by atoms with E-state index >= 15 is 0 Å². The minimum atomic E-state index is 0. The van der Waals surface area contributed by atoms with Gasteiger partial charge in [-0.15, -0.1) is 24.0 Å². The van der Waals surface area contributed by atoms with E-state index in [9.17, 15) is 4.79 Å². The van der Waals surface area contributed by atoms with Crippen molar-refractivity contribution in [3.8, 4) is 5.75 Å². The number of halogens is 1. The third-order valence-electron chi connectivity index (χ3n) is 4.17. The molecule has 2 heterocycles. The van der Waals surface area contributed by atoms with Crippen LogP contribution in [-0.4, -0.2) is 99.8 Å². The lowest BCUT2D eigenvalue weighted by Crippen LogP contribution is -2.54. The highest BCUT2D eigenvalue weighted by Crippen LogP contribution is 2.05. The van der Waals surface area contributed by atoms with E-state index in [0.717, 1.165) is 37.9 Å². The molecule has 0 saturated carbocycles. The Morgan fingerprint density at radius 3 is 2.61 bits per heavy atom. The molecule has 0 unspecified atom stereocenters. The van der Waals surface area contributed by atoms with Crippen LogP contribution in [0.3, 0.4) is 0 Å². The van der Waals surface area contributed by atoms with E-state index < -0.39 is 0 Å². The van der Waals surface area contributed by atoms with Gasteiger partial charge in [0.2, 0.25) is 5.91 Å². The molecule has 1 aliphatic heterocycles. The van der Waals surface area contributed by atoms with E-state index in [2.05, 4.69) is 30.4 Å². The fraction of sp³-hybridized carbons (Fsp3) is 0.611. The quantitative estimate of drug-likeness (QED) is 0.212. The van der Waals surface area contributed by atoms with Crippen molar-refractivity contribution < 1.29 is 14.3 Å². The first kappa shape index (κ1) is 24.4. The third-order valence-corrected chi connectivity index (χ3v) is 4.17. The number of aliphatic imine (C=N–C) groups is 1. The summed E-state index contributed by atoms with van der Waals surface area (Å²) in [4.78, 5) is 24.6. The van der Waals surface area contributed by atoms with Gasteiger partial charge in [-0.2, -0.15) is 0 Å². The Morgan fingerprint density at radius 2 is 1.96 bits per heavy atom. The number of piperazine rings is 1. The average molecular weight is 506 g/mol. The van der Waals surface area contributed by atoms with Crippen molar-refractivity contribution in [3.05, 3.63) is 24.5 Å². The molecule has 1 aromatic rings. The van der Waals surface area contributed by atoms with Gasteiger partial charge in [0, 0.05) is 53.1 Å². The maximum Gasteiger partial charge on any atom is 0.234 e. The van der Waals surface area contributed by atoms with E-state index in [1.807, 2.05) is 12.1 Å². The van der Waals surface area contributed by atoms with Crippen LogP contribution in [0.1, 0.15) is 0 Å². The van der Waals surface area contributed by atoms with Crippen molar-refractivity contribution in [2.75, 3.05) is 73.2 Å². The number of carbonyl (C=O) groups is 1. The van der Waals surface area contributed by atoms with Gasteiger partial charge in [0.25, 0.3) is 0 Å². The number of rotatable bonds is 9. The molecule has 1 aliphatic rings. The molecule has 0 aliphatic carbocycles.